The Morgan fingerprint density at radius 2 is 1.62 bits per heavy atom. The van der Waals surface area contributed by atoms with Crippen LogP contribution in [-0.4, -0.2) is 33.6 Å². The van der Waals surface area contributed by atoms with Crippen molar-refractivity contribution in [2.45, 2.75) is 38.1 Å². The van der Waals surface area contributed by atoms with E-state index >= 15 is 0 Å². The summed E-state index contributed by atoms with van der Waals surface area (Å²) in [6, 6.07) is 10.9. The lowest BCUT2D eigenvalue weighted by molar-refractivity contribution is 0.0930. The molecule has 29 heavy (non-hydrogen) atoms. The molecule has 0 bridgehead atoms. The van der Waals surface area contributed by atoms with E-state index in [4.69, 9.17) is 9.47 Å². The molecule has 7 nitrogen and oxygen atoms in total. The SMILES string of the molecule is CC(C)C(C)NC(=O)c1ccc(NS(=O)(=O)c2ccc3c(c2)OCCCO3)cc1. The fourth-order valence-corrected chi connectivity index (χ4v) is 3.74. The number of sulfonamides is 1. The van der Waals surface area contributed by atoms with Crippen LogP contribution in [0.25, 0.3) is 0 Å². The molecule has 0 saturated carbocycles. The van der Waals surface area contributed by atoms with E-state index in [0.29, 0.717) is 41.9 Å². The second kappa shape index (κ2) is 8.73. The number of amides is 1. The Morgan fingerprint density at radius 3 is 2.28 bits per heavy atom. The average Bonchev–Trinajstić information content (AvgIpc) is 2.92. The molecule has 1 unspecified atom stereocenters. The molecule has 1 heterocycles. The highest BCUT2D eigenvalue weighted by Gasteiger charge is 2.19. The predicted molar refractivity (Wildman–Crippen MR) is 111 cm³/mol. The number of hydrogen-bond donors (Lipinski definition) is 2. The first kappa shape index (κ1) is 21.0. The van der Waals surface area contributed by atoms with Crippen LogP contribution in [0.3, 0.4) is 0 Å². The van der Waals surface area contributed by atoms with Crippen molar-refractivity contribution in [2.24, 2.45) is 5.92 Å². The molecule has 0 aliphatic carbocycles. The van der Waals surface area contributed by atoms with Gasteiger partial charge in [-0.3, -0.25) is 9.52 Å². The van der Waals surface area contributed by atoms with E-state index in [1.54, 1.807) is 30.3 Å². The summed E-state index contributed by atoms with van der Waals surface area (Å²) in [5, 5.41) is 2.92. The molecule has 156 valence electrons. The Hall–Kier alpha value is -2.74. The van der Waals surface area contributed by atoms with E-state index in [1.807, 2.05) is 20.8 Å². The van der Waals surface area contributed by atoms with Crippen molar-refractivity contribution >= 4 is 21.6 Å². The monoisotopic (exact) mass is 418 g/mol. The second-order valence-corrected chi connectivity index (χ2v) is 9.03. The Kier molecular flexibility index (Phi) is 6.32. The van der Waals surface area contributed by atoms with Crippen LogP contribution in [0.15, 0.2) is 47.4 Å². The molecular weight excluding hydrogens is 392 g/mol. The summed E-state index contributed by atoms with van der Waals surface area (Å²) in [6.45, 7) is 7.02. The summed E-state index contributed by atoms with van der Waals surface area (Å²) in [5.41, 5.74) is 0.835. The Bertz CT molecular complexity index is 971. The molecule has 3 rings (SSSR count). The van der Waals surface area contributed by atoms with Crippen molar-refractivity contribution in [3.8, 4) is 11.5 Å². The molecule has 8 heteroatoms. The van der Waals surface area contributed by atoms with Crippen LogP contribution in [0.1, 0.15) is 37.6 Å². The van der Waals surface area contributed by atoms with Crippen molar-refractivity contribution in [1.82, 2.24) is 5.32 Å². The number of anilines is 1. The standard InChI is InChI=1S/C21H26N2O5S/c1-14(2)15(3)22-21(24)16-5-7-17(8-6-16)23-29(25,26)18-9-10-19-20(13-18)28-12-4-11-27-19/h5-10,13-15,23H,4,11-12H2,1-3H3,(H,22,24). The summed E-state index contributed by atoms with van der Waals surface area (Å²) < 4.78 is 39.1. The molecule has 1 aliphatic heterocycles. The van der Waals surface area contributed by atoms with Gasteiger partial charge in [0.2, 0.25) is 0 Å². The highest BCUT2D eigenvalue weighted by atomic mass is 32.2. The van der Waals surface area contributed by atoms with Crippen molar-refractivity contribution in [3.63, 3.8) is 0 Å². The Morgan fingerprint density at radius 1 is 0.966 bits per heavy atom. The molecule has 0 aromatic heterocycles. The Labute approximate surface area is 171 Å². The lowest BCUT2D eigenvalue weighted by atomic mass is 10.1. The predicted octanol–water partition coefficient (Wildman–Crippen LogP) is 3.42. The van der Waals surface area contributed by atoms with E-state index in [-0.39, 0.29) is 16.8 Å². The molecule has 1 atom stereocenters. The van der Waals surface area contributed by atoms with Crippen LogP contribution in [0.5, 0.6) is 11.5 Å². The largest absolute Gasteiger partial charge is 0.490 e. The molecule has 0 spiro atoms. The maximum atomic E-state index is 12.7. The molecule has 0 fully saturated rings. The first-order valence-electron chi connectivity index (χ1n) is 9.59. The second-order valence-electron chi connectivity index (χ2n) is 7.35. The van der Waals surface area contributed by atoms with E-state index in [1.165, 1.54) is 12.1 Å². The van der Waals surface area contributed by atoms with Gasteiger partial charge in [0, 0.05) is 29.8 Å². The van der Waals surface area contributed by atoms with Gasteiger partial charge in [-0.05, 0) is 49.2 Å². The zero-order valence-corrected chi connectivity index (χ0v) is 17.6. The number of carbonyl (C=O) groups excluding carboxylic acids is 1. The zero-order chi connectivity index (χ0) is 21.0. The van der Waals surface area contributed by atoms with Gasteiger partial charge in [-0.2, -0.15) is 0 Å². The number of nitrogens with one attached hydrogen (secondary N) is 2. The summed E-state index contributed by atoms with van der Waals surface area (Å²) in [4.78, 5) is 12.3. The number of carbonyl (C=O) groups is 1. The quantitative estimate of drug-likeness (QED) is 0.750. The normalized spacial score (nSPS) is 14.8. The molecule has 2 aromatic carbocycles. The fraction of sp³-hybridized carbons (Fsp3) is 0.381. The number of ether oxygens (including phenoxy) is 2. The summed E-state index contributed by atoms with van der Waals surface area (Å²) >= 11 is 0. The van der Waals surface area contributed by atoms with Gasteiger partial charge in [-0.1, -0.05) is 13.8 Å². The third-order valence-corrected chi connectivity index (χ3v) is 6.17. The smallest absolute Gasteiger partial charge is 0.262 e. The number of benzene rings is 2. The molecule has 1 aliphatic rings. The van der Waals surface area contributed by atoms with Gasteiger partial charge in [0.1, 0.15) is 0 Å². The van der Waals surface area contributed by atoms with Crippen molar-refractivity contribution in [2.75, 3.05) is 17.9 Å². The third-order valence-electron chi connectivity index (χ3n) is 4.79. The van der Waals surface area contributed by atoms with Crippen LogP contribution < -0.4 is 19.5 Å². The van der Waals surface area contributed by atoms with Gasteiger partial charge in [0.25, 0.3) is 15.9 Å². The van der Waals surface area contributed by atoms with Gasteiger partial charge in [-0.25, -0.2) is 8.42 Å². The minimum atomic E-state index is -3.81. The zero-order valence-electron chi connectivity index (χ0n) is 16.8. The molecule has 0 radical (unpaired) electrons. The third kappa shape index (κ3) is 5.20. The highest BCUT2D eigenvalue weighted by molar-refractivity contribution is 7.92. The molecule has 0 saturated heterocycles. The minimum absolute atomic E-state index is 0.0417. The fourth-order valence-electron chi connectivity index (χ4n) is 2.67. The van der Waals surface area contributed by atoms with Crippen LogP contribution in [0.4, 0.5) is 5.69 Å². The molecular formula is C21H26N2O5S. The van der Waals surface area contributed by atoms with Gasteiger partial charge in [0.15, 0.2) is 11.5 Å². The van der Waals surface area contributed by atoms with Crippen molar-refractivity contribution in [1.29, 1.82) is 0 Å². The van der Waals surface area contributed by atoms with E-state index in [0.717, 1.165) is 6.42 Å². The summed E-state index contributed by atoms with van der Waals surface area (Å²) in [5.74, 6) is 1.08. The van der Waals surface area contributed by atoms with E-state index in [9.17, 15) is 13.2 Å². The molecule has 1 amide bonds. The lowest BCUT2D eigenvalue weighted by Gasteiger charge is -2.17. The van der Waals surface area contributed by atoms with Crippen LogP contribution in [-0.2, 0) is 10.0 Å². The summed E-state index contributed by atoms with van der Waals surface area (Å²) in [7, 11) is -3.81. The first-order chi connectivity index (χ1) is 13.8. The van der Waals surface area contributed by atoms with Gasteiger partial charge in [0.05, 0.1) is 18.1 Å². The first-order valence-corrected chi connectivity index (χ1v) is 11.1. The maximum Gasteiger partial charge on any atom is 0.262 e. The van der Waals surface area contributed by atoms with Crippen LogP contribution >= 0.6 is 0 Å². The number of fused-ring (bicyclic) bond motifs is 1. The van der Waals surface area contributed by atoms with Crippen LogP contribution in [0.2, 0.25) is 0 Å². The topological polar surface area (TPSA) is 93.7 Å². The van der Waals surface area contributed by atoms with Crippen LogP contribution in [0, 0.1) is 5.92 Å². The summed E-state index contributed by atoms with van der Waals surface area (Å²) in [6.07, 6.45) is 0.741. The number of rotatable bonds is 6. The van der Waals surface area contributed by atoms with Crippen molar-refractivity contribution in [3.05, 3.63) is 48.0 Å². The van der Waals surface area contributed by atoms with Gasteiger partial charge >= 0.3 is 0 Å². The molecule has 2 aromatic rings. The number of hydrogen-bond acceptors (Lipinski definition) is 5. The van der Waals surface area contributed by atoms with Gasteiger partial charge < -0.3 is 14.8 Å². The van der Waals surface area contributed by atoms with E-state index < -0.39 is 10.0 Å². The maximum absolute atomic E-state index is 12.7. The minimum Gasteiger partial charge on any atom is -0.490 e. The highest BCUT2D eigenvalue weighted by Crippen LogP contribution is 2.32. The lowest BCUT2D eigenvalue weighted by Crippen LogP contribution is -2.36. The average molecular weight is 419 g/mol. The van der Waals surface area contributed by atoms with Crippen molar-refractivity contribution < 1.29 is 22.7 Å². The van der Waals surface area contributed by atoms with Gasteiger partial charge in [-0.15, -0.1) is 0 Å². The molecule has 2 N–H and O–H groups in total. The Balaban J connectivity index is 1.72. The van der Waals surface area contributed by atoms with E-state index in [2.05, 4.69) is 10.0 Å².